The minimum atomic E-state index is -3.13. The fourth-order valence-corrected chi connectivity index (χ4v) is 2.92. The molecule has 1 aromatic rings. The molecule has 0 saturated heterocycles. The van der Waals surface area contributed by atoms with Crippen molar-refractivity contribution < 1.29 is 8.42 Å². The lowest BCUT2D eigenvalue weighted by atomic mass is 10.1. The predicted octanol–water partition coefficient (Wildman–Crippen LogP) is 2.88. The lowest BCUT2D eigenvalue weighted by molar-refractivity contribution is 0.559. The Kier molecular flexibility index (Phi) is 9.87. The lowest BCUT2D eigenvalue weighted by Gasteiger charge is -2.19. The molecule has 0 radical (unpaired) electrons. The van der Waals surface area contributed by atoms with Crippen molar-refractivity contribution in [2.75, 3.05) is 18.8 Å². The van der Waals surface area contributed by atoms with Gasteiger partial charge in [-0.2, -0.15) is 0 Å². The average Bonchev–Trinajstić information content (AvgIpc) is 2.43. The number of guanidine groups is 1. The van der Waals surface area contributed by atoms with Crippen molar-refractivity contribution in [1.82, 2.24) is 10.6 Å². The van der Waals surface area contributed by atoms with Gasteiger partial charge in [-0.1, -0.05) is 29.8 Å². The van der Waals surface area contributed by atoms with Crippen LogP contribution in [0.2, 0.25) is 0 Å². The van der Waals surface area contributed by atoms with E-state index in [9.17, 15) is 8.42 Å². The SMILES string of the molecule is CCNC(=NCc1cccc(C)c1)NCCS(=O)(=O)C(C)(C)C.I. The Morgan fingerprint density at radius 1 is 1.21 bits per heavy atom. The fourth-order valence-electron chi connectivity index (χ4n) is 1.93. The Morgan fingerprint density at radius 2 is 1.88 bits per heavy atom. The molecule has 0 bridgehead atoms. The summed E-state index contributed by atoms with van der Waals surface area (Å²) >= 11 is 0. The van der Waals surface area contributed by atoms with Crippen LogP contribution in [-0.4, -0.2) is 38.0 Å². The Hall–Kier alpha value is -0.830. The highest BCUT2D eigenvalue weighted by Crippen LogP contribution is 2.15. The second kappa shape index (κ2) is 10.2. The number of sulfone groups is 1. The van der Waals surface area contributed by atoms with E-state index in [1.165, 1.54) is 5.56 Å². The van der Waals surface area contributed by atoms with Crippen molar-refractivity contribution in [3.8, 4) is 0 Å². The molecule has 0 aromatic heterocycles. The van der Waals surface area contributed by atoms with Crippen LogP contribution in [0.25, 0.3) is 0 Å². The van der Waals surface area contributed by atoms with Crippen molar-refractivity contribution >= 4 is 39.8 Å². The first-order chi connectivity index (χ1) is 10.7. The van der Waals surface area contributed by atoms with E-state index in [4.69, 9.17) is 0 Å². The van der Waals surface area contributed by atoms with Crippen LogP contribution in [0.1, 0.15) is 38.8 Å². The van der Waals surface area contributed by atoms with Gasteiger partial charge in [0.1, 0.15) is 0 Å². The zero-order chi connectivity index (χ0) is 17.5. The van der Waals surface area contributed by atoms with E-state index in [2.05, 4.69) is 21.7 Å². The molecule has 0 heterocycles. The molecule has 0 spiro atoms. The van der Waals surface area contributed by atoms with Gasteiger partial charge in [-0.05, 0) is 40.2 Å². The molecule has 24 heavy (non-hydrogen) atoms. The van der Waals surface area contributed by atoms with E-state index in [0.717, 1.165) is 12.1 Å². The summed E-state index contributed by atoms with van der Waals surface area (Å²) in [6.45, 7) is 10.8. The molecular formula is C17H30IN3O2S. The fraction of sp³-hybridized carbons (Fsp3) is 0.588. The minimum Gasteiger partial charge on any atom is -0.357 e. The Balaban J connectivity index is 0.00000529. The standard InChI is InChI=1S/C17H29N3O2S.HI/c1-6-18-16(19-10-11-23(21,22)17(3,4)5)20-13-15-9-7-8-14(2)12-15;/h7-9,12H,6,10-11,13H2,1-5H3,(H2,18,19,20);1H. The van der Waals surface area contributed by atoms with Gasteiger partial charge in [0.05, 0.1) is 17.0 Å². The van der Waals surface area contributed by atoms with Crippen LogP contribution in [0.5, 0.6) is 0 Å². The Bertz CT molecular complexity index is 637. The van der Waals surface area contributed by atoms with E-state index in [-0.39, 0.29) is 29.7 Å². The molecule has 5 nitrogen and oxygen atoms in total. The smallest absolute Gasteiger partial charge is 0.191 e. The maximum absolute atomic E-state index is 12.1. The topological polar surface area (TPSA) is 70.6 Å². The second-order valence-electron chi connectivity index (χ2n) is 6.54. The highest BCUT2D eigenvalue weighted by Gasteiger charge is 2.28. The van der Waals surface area contributed by atoms with E-state index in [1.54, 1.807) is 20.8 Å². The van der Waals surface area contributed by atoms with Crippen LogP contribution in [0.3, 0.4) is 0 Å². The van der Waals surface area contributed by atoms with Gasteiger partial charge in [-0.25, -0.2) is 13.4 Å². The molecule has 0 aliphatic heterocycles. The quantitative estimate of drug-likeness (QED) is 0.384. The van der Waals surface area contributed by atoms with Crippen molar-refractivity contribution in [2.45, 2.75) is 45.9 Å². The maximum atomic E-state index is 12.1. The first-order valence-corrected chi connectivity index (χ1v) is 9.61. The van der Waals surface area contributed by atoms with Crippen LogP contribution < -0.4 is 10.6 Å². The Labute approximate surface area is 163 Å². The largest absolute Gasteiger partial charge is 0.357 e. The number of hydrogen-bond acceptors (Lipinski definition) is 3. The predicted molar refractivity (Wildman–Crippen MR) is 113 cm³/mol. The van der Waals surface area contributed by atoms with Crippen LogP contribution in [-0.2, 0) is 16.4 Å². The number of nitrogens with zero attached hydrogens (tertiary/aromatic N) is 1. The Morgan fingerprint density at radius 3 is 2.42 bits per heavy atom. The van der Waals surface area contributed by atoms with Crippen molar-refractivity contribution in [2.24, 2.45) is 4.99 Å². The van der Waals surface area contributed by atoms with Crippen LogP contribution in [0.4, 0.5) is 0 Å². The molecule has 0 fully saturated rings. The van der Waals surface area contributed by atoms with Gasteiger partial charge >= 0.3 is 0 Å². The number of hydrogen-bond donors (Lipinski definition) is 2. The van der Waals surface area contributed by atoms with E-state index < -0.39 is 14.6 Å². The molecule has 0 saturated carbocycles. The summed E-state index contributed by atoms with van der Waals surface area (Å²) in [6, 6.07) is 8.19. The summed E-state index contributed by atoms with van der Waals surface area (Å²) in [5, 5.41) is 6.23. The number of halogens is 1. The van der Waals surface area contributed by atoms with Crippen molar-refractivity contribution in [3.05, 3.63) is 35.4 Å². The summed E-state index contributed by atoms with van der Waals surface area (Å²) in [5.41, 5.74) is 2.33. The molecule has 1 rings (SSSR count). The van der Waals surface area contributed by atoms with Gasteiger partial charge in [0, 0.05) is 13.1 Å². The number of aryl methyl sites for hydroxylation is 1. The summed E-state index contributed by atoms with van der Waals surface area (Å²) < 4.78 is 23.5. The van der Waals surface area contributed by atoms with Crippen LogP contribution in [0.15, 0.2) is 29.3 Å². The zero-order valence-corrected chi connectivity index (χ0v) is 18.4. The van der Waals surface area contributed by atoms with Gasteiger partial charge in [0.2, 0.25) is 0 Å². The summed E-state index contributed by atoms with van der Waals surface area (Å²) in [7, 11) is -3.13. The summed E-state index contributed by atoms with van der Waals surface area (Å²) in [5.74, 6) is 0.726. The lowest BCUT2D eigenvalue weighted by Crippen LogP contribution is -2.41. The van der Waals surface area contributed by atoms with Crippen molar-refractivity contribution in [1.29, 1.82) is 0 Å². The van der Waals surface area contributed by atoms with E-state index in [0.29, 0.717) is 19.0 Å². The molecule has 7 heteroatoms. The second-order valence-corrected chi connectivity index (χ2v) is 9.40. The normalized spacial score (nSPS) is 12.5. The molecular weight excluding hydrogens is 437 g/mol. The molecule has 0 amide bonds. The molecule has 0 unspecified atom stereocenters. The highest BCUT2D eigenvalue weighted by molar-refractivity contribution is 14.0. The van der Waals surface area contributed by atoms with Gasteiger partial charge in [0.25, 0.3) is 0 Å². The first kappa shape index (κ1) is 23.2. The first-order valence-electron chi connectivity index (χ1n) is 7.96. The molecule has 0 aliphatic carbocycles. The molecule has 0 aliphatic rings. The maximum Gasteiger partial charge on any atom is 0.191 e. The monoisotopic (exact) mass is 467 g/mol. The third-order valence-corrected chi connectivity index (χ3v) is 6.05. The number of benzene rings is 1. The zero-order valence-electron chi connectivity index (χ0n) is 15.2. The molecule has 138 valence electrons. The van der Waals surface area contributed by atoms with Crippen LogP contribution >= 0.6 is 24.0 Å². The summed E-state index contributed by atoms with van der Waals surface area (Å²) in [4.78, 5) is 4.51. The minimum absolute atomic E-state index is 0. The number of rotatable bonds is 6. The third kappa shape index (κ3) is 7.83. The van der Waals surface area contributed by atoms with Crippen molar-refractivity contribution in [3.63, 3.8) is 0 Å². The highest BCUT2D eigenvalue weighted by atomic mass is 127. The van der Waals surface area contributed by atoms with Gasteiger partial charge < -0.3 is 10.6 Å². The van der Waals surface area contributed by atoms with Crippen LogP contribution in [0, 0.1) is 6.92 Å². The van der Waals surface area contributed by atoms with Gasteiger partial charge in [0.15, 0.2) is 15.8 Å². The number of nitrogens with one attached hydrogen (secondary N) is 2. The van der Waals surface area contributed by atoms with Gasteiger partial charge in [-0.15, -0.1) is 24.0 Å². The van der Waals surface area contributed by atoms with Gasteiger partial charge in [-0.3, -0.25) is 0 Å². The third-order valence-electron chi connectivity index (χ3n) is 3.44. The molecule has 1 aromatic carbocycles. The molecule has 2 N–H and O–H groups in total. The number of aliphatic imine (C=N–C) groups is 1. The average molecular weight is 467 g/mol. The summed E-state index contributed by atoms with van der Waals surface area (Å²) in [6.07, 6.45) is 0. The van der Waals surface area contributed by atoms with E-state index >= 15 is 0 Å². The van der Waals surface area contributed by atoms with E-state index in [1.807, 2.05) is 32.0 Å². The molecule has 0 atom stereocenters.